The van der Waals surface area contributed by atoms with Crippen LogP contribution in [0.1, 0.15) is 37.6 Å². The molecule has 0 aliphatic carbocycles. The van der Waals surface area contributed by atoms with Crippen LogP contribution in [0.4, 0.5) is 8.78 Å². The smallest absolute Gasteiger partial charge is 0.257 e. The third kappa shape index (κ3) is 4.59. The molecule has 0 aliphatic rings. The number of halogens is 2. The van der Waals surface area contributed by atoms with E-state index in [2.05, 4.69) is 5.32 Å². The van der Waals surface area contributed by atoms with E-state index < -0.39 is 28.7 Å². The van der Waals surface area contributed by atoms with Crippen molar-refractivity contribution in [2.45, 2.75) is 32.8 Å². The Bertz CT molecular complexity index is 439. The number of nitrogens with one attached hydrogen (secondary N) is 1. The van der Waals surface area contributed by atoms with Crippen LogP contribution in [0.2, 0.25) is 0 Å². The Morgan fingerprint density at radius 1 is 1.37 bits per heavy atom. The molecule has 0 aromatic heterocycles. The Kier molecular flexibility index (Phi) is 5.00. The van der Waals surface area contributed by atoms with Crippen molar-refractivity contribution >= 4 is 5.91 Å². The van der Waals surface area contributed by atoms with E-state index in [1.54, 1.807) is 6.92 Å². The number of rotatable bonds is 5. The van der Waals surface area contributed by atoms with Crippen molar-refractivity contribution < 1.29 is 18.7 Å². The summed E-state index contributed by atoms with van der Waals surface area (Å²) < 4.78 is 26.7. The zero-order chi connectivity index (χ0) is 14.6. The predicted molar refractivity (Wildman–Crippen MR) is 68.8 cm³/mol. The van der Waals surface area contributed by atoms with E-state index in [1.165, 1.54) is 6.07 Å². The standard InChI is InChI=1S/C14H19F2NO2/c1-9(2)7-14(3,19)8-17-13(18)12-10(15)5-4-6-11(12)16/h4-6,9,19H,7-8H2,1-3H3,(H,17,18). The zero-order valence-corrected chi connectivity index (χ0v) is 11.3. The van der Waals surface area contributed by atoms with Crippen LogP contribution in [0.25, 0.3) is 0 Å². The first kappa shape index (κ1) is 15.6. The molecule has 0 aliphatic heterocycles. The number of carbonyl (C=O) groups excluding carboxylic acids is 1. The Balaban J connectivity index is 2.71. The normalized spacial score (nSPS) is 14.3. The van der Waals surface area contributed by atoms with Gasteiger partial charge in [0.25, 0.3) is 5.91 Å². The summed E-state index contributed by atoms with van der Waals surface area (Å²) >= 11 is 0. The van der Waals surface area contributed by atoms with Gasteiger partial charge in [0.2, 0.25) is 0 Å². The number of amides is 1. The molecule has 19 heavy (non-hydrogen) atoms. The molecule has 1 aromatic carbocycles. The van der Waals surface area contributed by atoms with E-state index in [0.29, 0.717) is 6.42 Å². The Hall–Kier alpha value is -1.49. The summed E-state index contributed by atoms with van der Waals surface area (Å²) in [5.74, 6) is -2.45. The summed E-state index contributed by atoms with van der Waals surface area (Å²) in [5, 5.41) is 12.4. The molecule has 106 valence electrons. The molecule has 1 rings (SSSR count). The molecule has 0 saturated heterocycles. The molecule has 0 fully saturated rings. The molecule has 0 heterocycles. The van der Waals surface area contributed by atoms with Crippen LogP contribution in [-0.2, 0) is 0 Å². The van der Waals surface area contributed by atoms with Crippen LogP contribution < -0.4 is 5.32 Å². The lowest BCUT2D eigenvalue weighted by Crippen LogP contribution is -2.41. The maximum absolute atomic E-state index is 13.4. The minimum absolute atomic E-state index is 0.0578. The molecule has 2 N–H and O–H groups in total. The lowest BCUT2D eigenvalue weighted by molar-refractivity contribution is 0.0367. The van der Waals surface area contributed by atoms with Gasteiger partial charge in [-0.15, -0.1) is 0 Å². The lowest BCUT2D eigenvalue weighted by Gasteiger charge is -2.25. The van der Waals surface area contributed by atoms with Gasteiger partial charge in [-0.2, -0.15) is 0 Å². The molecule has 1 unspecified atom stereocenters. The summed E-state index contributed by atoms with van der Waals surface area (Å²) in [6.45, 7) is 5.39. The van der Waals surface area contributed by atoms with Crippen molar-refractivity contribution in [3.63, 3.8) is 0 Å². The maximum Gasteiger partial charge on any atom is 0.257 e. The number of hydrogen-bond acceptors (Lipinski definition) is 2. The van der Waals surface area contributed by atoms with Crippen molar-refractivity contribution in [2.75, 3.05) is 6.54 Å². The van der Waals surface area contributed by atoms with Crippen LogP contribution in [0.5, 0.6) is 0 Å². The summed E-state index contributed by atoms with van der Waals surface area (Å²) in [7, 11) is 0. The zero-order valence-electron chi connectivity index (χ0n) is 11.3. The van der Waals surface area contributed by atoms with Crippen LogP contribution in [-0.4, -0.2) is 23.2 Å². The van der Waals surface area contributed by atoms with Crippen LogP contribution in [0.15, 0.2) is 18.2 Å². The average Bonchev–Trinajstić information content (AvgIpc) is 2.24. The summed E-state index contributed by atoms with van der Waals surface area (Å²) in [6.07, 6.45) is 0.479. The molecule has 1 atom stereocenters. The largest absolute Gasteiger partial charge is 0.388 e. The summed E-state index contributed by atoms with van der Waals surface area (Å²) in [6, 6.07) is 3.23. The molecule has 0 saturated carbocycles. The minimum atomic E-state index is -1.11. The minimum Gasteiger partial charge on any atom is -0.388 e. The third-order valence-electron chi connectivity index (χ3n) is 2.67. The Morgan fingerprint density at radius 3 is 2.37 bits per heavy atom. The van der Waals surface area contributed by atoms with E-state index in [1.807, 2.05) is 13.8 Å². The lowest BCUT2D eigenvalue weighted by atomic mass is 9.94. The van der Waals surface area contributed by atoms with Crippen molar-refractivity contribution in [3.8, 4) is 0 Å². The predicted octanol–water partition coefficient (Wildman–Crippen LogP) is 2.49. The van der Waals surface area contributed by atoms with E-state index in [9.17, 15) is 18.7 Å². The van der Waals surface area contributed by atoms with Gasteiger partial charge in [-0.1, -0.05) is 19.9 Å². The monoisotopic (exact) mass is 271 g/mol. The molecule has 5 heteroatoms. The van der Waals surface area contributed by atoms with Gasteiger partial charge in [0.1, 0.15) is 17.2 Å². The molecule has 3 nitrogen and oxygen atoms in total. The number of benzene rings is 1. The van der Waals surface area contributed by atoms with Crippen LogP contribution >= 0.6 is 0 Å². The maximum atomic E-state index is 13.4. The summed E-state index contributed by atoms with van der Waals surface area (Å²) in [4.78, 5) is 11.7. The average molecular weight is 271 g/mol. The highest BCUT2D eigenvalue weighted by atomic mass is 19.1. The second-order valence-corrected chi connectivity index (χ2v) is 5.37. The van der Waals surface area contributed by atoms with Gasteiger partial charge in [-0.05, 0) is 31.4 Å². The molecule has 0 radical (unpaired) electrons. The number of hydrogen-bond donors (Lipinski definition) is 2. The van der Waals surface area contributed by atoms with E-state index in [-0.39, 0.29) is 12.5 Å². The van der Waals surface area contributed by atoms with Gasteiger partial charge in [0.05, 0.1) is 5.60 Å². The van der Waals surface area contributed by atoms with E-state index >= 15 is 0 Å². The third-order valence-corrected chi connectivity index (χ3v) is 2.67. The highest BCUT2D eigenvalue weighted by Gasteiger charge is 2.24. The van der Waals surface area contributed by atoms with Gasteiger partial charge >= 0.3 is 0 Å². The molecular weight excluding hydrogens is 252 g/mol. The fraction of sp³-hybridized carbons (Fsp3) is 0.500. The van der Waals surface area contributed by atoms with Crippen molar-refractivity contribution in [2.24, 2.45) is 5.92 Å². The Labute approximate surface area is 111 Å². The highest BCUT2D eigenvalue weighted by Crippen LogP contribution is 2.16. The van der Waals surface area contributed by atoms with Crippen LogP contribution in [0.3, 0.4) is 0 Å². The molecule has 0 bridgehead atoms. The Morgan fingerprint density at radius 2 is 1.89 bits per heavy atom. The van der Waals surface area contributed by atoms with Gasteiger partial charge in [-0.25, -0.2) is 8.78 Å². The first-order valence-corrected chi connectivity index (χ1v) is 6.17. The second-order valence-electron chi connectivity index (χ2n) is 5.37. The van der Waals surface area contributed by atoms with E-state index in [0.717, 1.165) is 12.1 Å². The molecule has 1 amide bonds. The van der Waals surface area contributed by atoms with Gasteiger partial charge in [-0.3, -0.25) is 4.79 Å². The molecule has 0 spiro atoms. The summed E-state index contributed by atoms with van der Waals surface area (Å²) in [5.41, 5.74) is -1.73. The number of carbonyl (C=O) groups is 1. The van der Waals surface area contributed by atoms with Crippen molar-refractivity contribution in [1.29, 1.82) is 0 Å². The first-order chi connectivity index (χ1) is 8.73. The highest BCUT2D eigenvalue weighted by molar-refractivity contribution is 5.94. The van der Waals surface area contributed by atoms with Gasteiger partial charge in [0, 0.05) is 6.54 Å². The quantitative estimate of drug-likeness (QED) is 0.864. The van der Waals surface area contributed by atoms with Crippen molar-refractivity contribution in [1.82, 2.24) is 5.32 Å². The molecule has 1 aromatic rings. The van der Waals surface area contributed by atoms with Gasteiger partial charge < -0.3 is 10.4 Å². The molecular formula is C14H19F2NO2. The number of aliphatic hydroxyl groups is 1. The fourth-order valence-corrected chi connectivity index (χ4v) is 2.03. The van der Waals surface area contributed by atoms with Crippen molar-refractivity contribution in [3.05, 3.63) is 35.4 Å². The van der Waals surface area contributed by atoms with Crippen LogP contribution in [0, 0.1) is 17.6 Å². The SMILES string of the molecule is CC(C)CC(C)(O)CNC(=O)c1c(F)cccc1F. The topological polar surface area (TPSA) is 49.3 Å². The van der Waals surface area contributed by atoms with Gasteiger partial charge in [0.15, 0.2) is 0 Å². The second kappa shape index (κ2) is 6.10. The first-order valence-electron chi connectivity index (χ1n) is 6.17. The fourth-order valence-electron chi connectivity index (χ4n) is 2.03. The van der Waals surface area contributed by atoms with E-state index in [4.69, 9.17) is 0 Å².